The number of rotatable bonds is 60. The fourth-order valence-electron chi connectivity index (χ4n) is 9.11. The maximum atomic E-state index is 12.9. The van der Waals surface area contributed by atoms with Crippen molar-refractivity contribution < 1.29 is 28.6 Å². The van der Waals surface area contributed by atoms with Crippen LogP contribution in [0.5, 0.6) is 0 Å². The first-order chi connectivity index (χ1) is 40.0. The number of hydrogen-bond donors (Lipinski definition) is 0. The highest BCUT2D eigenvalue weighted by molar-refractivity contribution is 5.71. The molecule has 0 radical (unpaired) electrons. The summed E-state index contributed by atoms with van der Waals surface area (Å²) in [5.74, 6) is -0.906. The minimum atomic E-state index is -0.791. The van der Waals surface area contributed by atoms with Crippen LogP contribution in [-0.4, -0.2) is 37.2 Å². The van der Waals surface area contributed by atoms with Gasteiger partial charge in [0.15, 0.2) is 6.10 Å². The average molecular weight is 1120 g/mol. The largest absolute Gasteiger partial charge is 0.462 e. The van der Waals surface area contributed by atoms with E-state index in [9.17, 15) is 14.4 Å². The molecule has 460 valence electrons. The maximum Gasteiger partial charge on any atom is 0.306 e. The van der Waals surface area contributed by atoms with E-state index in [1.165, 1.54) is 122 Å². The van der Waals surface area contributed by atoms with Gasteiger partial charge in [0.25, 0.3) is 0 Å². The van der Waals surface area contributed by atoms with Crippen LogP contribution in [0, 0.1) is 0 Å². The van der Waals surface area contributed by atoms with E-state index in [0.29, 0.717) is 19.3 Å². The number of hydrogen-bond acceptors (Lipinski definition) is 6. The molecule has 0 rings (SSSR count). The fraction of sp³-hybridized carbons (Fsp3) is 0.667. The molecule has 0 aliphatic heterocycles. The van der Waals surface area contributed by atoms with Crippen molar-refractivity contribution in [3.8, 4) is 0 Å². The number of ether oxygens (including phenoxy) is 3. The van der Waals surface area contributed by atoms with Crippen molar-refractivity contribution in [2.45, 2.75) is 309 Å². The molecule has 6 heteroatoms. The SMILES string of the molecule is CC/C=C\C/C=C\C/C=C\C/C=C\C/C=C\C/C=C\C/C=C\C/C=C\C/C=C\CCCCCCCC(=O)OCC(COC(=O)CCCCCCCCCCCCC)OC(=O)CCCCCCCCCCC/C=C\C/C=C\CCCCC. The van der Waals surface area contributed by atoms with E-state index < -0.39 is 6.10 Å². The van der Waals surface area contributed by atoms with Crippen LogP contribution in [-0.2, 0) is 28.6 Å². The predicted octanol–water partition coefficient (Wildman–Crippen LogP) is 23.3. The van der Waals surface area contributed by atoms with Crippen molar-refractivity contribution >= 4 is 17.9 Å². The molecule has 1 unspecified atom stereocenters. The maximum absolute atomic E-state index is 12.9. The molecular weight excluding hydrogens is 997 g/mol. The van der Waals surface area contributed by atoms with Crippen molar-refractivity contribution in [1.29, 1.82) is 0 Å². The highest BCUT2D eigenvalue weighted by Crippen LogP contribution is 2.16. The molecule has 0 saturated heterocycles. The van der Waals surface area contributed by atoms with E-state index in [1.54, 1.807) is 0 Å². The van der Waals surface area contributed by atoms with Crippen LogP contribution in [0.1, 0.15) is 303 Å². The Labute approximate surface area is 500 Å². The molecule has 0 amide bonds. The van der Waals surface area contributed by atoms with E-state index in [2.05, 4.69) is 154 Å². The minimum absolute atomic E-state index is 0.0862. The average Bonchev–Trinajstić information content (AvgIpc) is 3.47. The first-order valence-corrected chi connectivity index (χ1v) is 33.7. The lowest BCUT2D eigenvalue weighted by Crippen LogP contribution is -2.30. The van der Waals surface area contributed by atoms with Gasteiger partial charge in [-0.2, -0.15) is 0 Å². The molecule has 0 aliphatic carbocycles. The summed E-state index contributed by atoms with van der Waals surface area (Å²) in [7, 11) is 0. The van der Waals surface area contributed by atoms with Gasteiger partial charge in [-0.25, -0.2) is 0 Å². The summed E-state index contributed by atoms with van der Waals surface area (Å²) in [5.41, 5.74) is 0. The zero-order valence-electron chi connectivity index (χ0n) is 52.8. The van der Waals surface area contributed by atoms with E-state index >= 15 is 0 Å². The molecule has 0 bridgehead atoms. The zero-order valence-corrected chi connectivity index (χ0v) is 52.8. The van der Waals surface area contributed by atoms with E-state index in [1.807, 2.05) is 0 Å². The Bertz CT molecular complexity index is 1720. The number of carbonyl (C=O) groups is 3. The van der Waals surface area contributed by atoms with Gasteiger partial charge in [0.05, 0.1) is 0 Å². The van der Waals surface area contributed by atoms with E-state index in [4.69, 9.17) is 14.2 Å². The molecule has 81 heavy (non-hydrogen) atoms. The Morgan fingerprint density at radius 2 is 0.481 bits per heavy atom. The summed E-state index contributed by atoms with van der Waals surface area (Å²) in [6.07, 6.45) is 96.0. The third-order valence-electron chi connectivity index (χ3n) is 14.1. The second-order valence-corrected chi connectivity index (χ2v) is 22.0. The first kappa shape index (κ1) is 76.5. The van der Waals surface area contributed by atoms with Gasteiger partial charge in [0, 0.05) is 19.3 Å². The standard InChI is InChI=1S/C75H124O6/c1-4-7-10-13-16-19-22-24-26-28-30-31-32-33-34-35-36-37-38-39-40-41-42-43-45-46-48-50-53-56-59-62-65-68-74(77)80-71-72(70-79-73(76)67-64-61-58-55-52-21-18-15-12-9-6-3)81-75(78)69-66-63-60-57-54-51-49-47-44-29-27-25-23-20-17-14-11-8-5-2/h7,10,16-17,19-20,24-27,30-31,33-34,36-37,39-40,42-43,46,48,72H,4-6,8-9,11-15,18,21-23,28-29,32,35,38,41,44-45,47,49-71H2,1-3H3/b10-7-,19-16-,20-17-,26-24-,27-25-,31-30-,34-33-,37-36-,40-39-,43-42-,48-46-. The highest BCUT2D eigenvalue weighted by Gasteiger charge is 2.19. The fourth-order valence-corrected chi connectivity index (χ4v) is 9.11. The molecular formula is C75H124O6. The normalized spacial score (nSPS) is 13.0. The smallest absolute Gasteiger partial charge is 0.306 e. The molecule has 0 heterocycles. The van der Waals surface area contributed by atoms with E-state index in [0.717, 1.165) is 141 Å². The second kappa shape index (κ2) is 68.1. The van der Waals surface area contributed by atoms with Crippen LogP contribution < -0.4 is 0 Å². The van der Waals surface area contributed by atoms with Crippen molar-refractivity contribution in [2.24, 2.45) is 0 Å². The summed E-state index contributed by atoms with van der Waals surface area (Å²) in [6.45, 7) is 6.49. The Kier molecular flexibility index (Phi) is 64.3. The lowest BCUT2D eigenvalue weighted by molar-refractivity contribution is -0.167. The Morgan fingerprint density at radius 1 is 0.259 bits per heavy atom. The summed E-state index contributed by atoms with van der Waals surface area (Å²) < 4.78 is 16.9. The number of allylic oxidation sites excluding steroid dienone is 22. The number of unbranched alkanes of at least 4 members (excludes halogenated alkanes) is 27. The summed E-state index contributed by atoms with van der Waals surface area (Å²) in [4.78, 5) is 38.3. The molecule has 0 aromatic rings. The van der Waals surface area contributed by atoms with Crippen molar-refractivity contribution in [2.75, 3.05) is 13.2 Å². The molecule has 0 spiro atoms. The monoisotopic (exact) mass is 1120 g/mol. The summed E-state index contributed by atoms with van der Waals surface area (Å²) in [5, 5.41) is 0. The zero-order chi connectivity index (χ0) is 58.5. The summed E-state index contributed by atoms with van der Waals surface area (Å²) >= 11 is 0. The van der Waals surface area contributed by atoms with Gasteiger partial charge in [0.2, 0.25) is 0 Å². The van der Waals surface area contributed by atoms with Gasteiger partial charge in [-0.05, 0) is 122 Å². The molecule has 0 N–H and O–H groups in total. The van der Waals surface area contributed by atoms with Crippen LogP contribution in [0.4, 0.5) is 0 Å². The first-order valence-electron chi connectivity index (χ1n) is 33.7. The van der Waals surface area contributed by atoms with Crippen LogP contribution in [0.3, 0.4) is 0 Å². The molecule has 0 aromatic heterocycles. The van der Waals surface area contributed by atoms with Crippen LogP contribution >= 0.6 is 0 Å². The van der Waals surface area contributed by atoms with Crippen molar-refractivity contribution in [3.05, 3.63) is 134 Å². The van der Waals surface area contributed by atoms with E-state index in [-0.39, 0.29) is 31.1 Å². The second-order valence-electron chi connectivity index (χ2n) is 22.0. The van der Waals surface area contributed by atoms with Crippen LogP contribution in [0.2, 0.25) is 0 Å². The molecule has 1 atom stereocenters. The van der Waals surface area contributed by atoms with Gasteiger partial charge in [-0.3, -0.25) is 14.4 Å². The molecule has 0 aromatic carbocycles. The third kappa shape index (κ3) is 66.2. The minimum Gasteiger partial charge on any atom is -0.462 e. The molecule has 6 nitrogen and oxygen atoms in total. The molecule has 0 fully saturated rings. The highest BCUT2D eigenvalue weighted by atomic mass is 16.6. The van der Waals surface area contributed by atoms with Gasteiger partial charge < -0.3 is 14.2 Å². The molecule has 0 aliphatic rings. The van der Waals surface area contributed by atoms with Gasteiger partial charge in [0.1, 0.15) is 13.2 Å². The third-order valence-corrected chi connectivity index (χ3v) is 14.1. The number of esters is 3. The van der Waals surface area contributed by atoms with Crippen LogP contribution in [0.25, 0.3) is 0 Å². The Morgan fingerprint density at radius 3 is 0.778 bits per heavy atom. The van der Waals surface area contributed by atoms with Gasteiger partial charge >= 0.3 is 17.9 Å². The van der Waals surface area contributed by atoms with Crippen LogP contribution in [0.15, 0.2) is 134 Å². The topological polar surface area (TPSA) is 78.9 Å². The van der Waals surface area contributed by atoms with Crippen molar-refractivity contribution in [1.82, 2.24) is 0 Å². The molecule has 0 saturated carbocycles. The lowest BCUT2D eigenvalue weighted by Gasteiger charge is -2.18. The Hall–Kier alpha value is -4.45. The lowest BCUT2D eigenvalue weighted by atomic mass is 10.1. The quantitative estimate of drug-likeness (QED) is 0.0261. The van der Waals surface area contributed by atoms with Gasteiger partial charge in [-0.1, -0.05) is 296 Å². The summed E-state index contributed by atoms with van der Waals surface area (Å²) in [6, 6.07) is 0. The Balaban J connectivity index is 4.31. The predicted molar refractivity (Wildman–Crippen MR) is 353 cm³/mol. The van der Waals surface area contributed by atoms with Crippen molar-refractivity contribution in [3.63, 3.8) is 0 Å². The number of carbonyl (C=O) groups excluding carboxylic acids is 3. The van der Waals surface area contributed by atoms with Gasteiger partial charge in [-0.15, -0.1) is 0 Å².